The van der Waals surface area contributed by atoms with Gasteiger partial charge in [-0.15, -0.1) is 11.3 Å². The molecule has 0 aliphatic rings. The van der Waals surface area contributed by atoms with E-state index in [1.54, 1.807) is 48.5 Å². The van der Waals surface area contributed by atoms with E-state index in [9.17, 15) is 9.59 Å². The molecule has 0 N–H and O–H groups in total. The Morgan fingerprint density at radius 2 is 1.07 bits per heavy atom. The van der Waals surface area contributed by atoms with E-state index in [0.717, 1.165) is 0 Å². The maximum Gasteiger partial charge on any atom is 0.347 e. The fourth-order valence-corrected chi connectivity index (χ4v) is 3.67. The molecule has 5 aromatic rings. The molecule has 0 aliphatic carbocycles. The van der Waals surface area contributed by atoms with Gasteiger partial charge in [-0.2, -0.15) is 0 Å². The van der Waals surface area contributed by atoms with Crippen LogP contribution in [0.15, 0.2) is 79.1 Å². The summed E-state index contributed by atoms with van der Waals surface area (Å²) in [5.74, 6) is 0.441. The van der Waals surface area contributed by atoms with E-state index >= 15 is 0 Å². The van der Waals surface area contributed by atoms with Gasteiger partial charge in [-0.3, -0.25) is 0 Å². The van der Waals surface area contributed by atoms with Crippen LogP contribution in [-0.4, -0.2) is 9.97 Å². The lowest BCUT2D eigenvalue weighted by Gasteiger charge is -1.99. The summed E-state index contributed by atoms with van der Waals surface area (Å²) in [6, 6.07) is 17.5. The van der Waals surface area contributed by atoms with Gasteiger partial charge in [0.25, 0.3) is 0 Å². The molecule has 0 amide bonds. The van der Waals surface area contributed by atoms with Gasteiger partial charge in [0.05, 0.1) is 31.6 Å². The lowest BCUT2D eigenvalue weighted by atomic mass is 10.2. The van der Waals surface area contributed by atoms with E-state index in [2.05, 4.69) is 9.97 Å². The number of hydrogen-bond acceptors (Lipinski definition) is 7. The third kappa shape index (κ3) is 2.65. The van der Waals surface area contributed by atoms with Crippen LogP contribution in [0.5, 0.6) is 0 Å². The summed E-state index contributed by atoms with van der Waals surface area (Å²) in [6.45, 7) is 0. The van der Waals surface area contributed by atoms with Crippen LogP contribution in [0.25, 0.3) is 43.3 Å². The SMILES string of the molecule is O=c1oc(-c2ccc(-c3nc4ccccc4c(=O)o3)s2)nc2ccccc12. The van der Waals surface area contributed by atoms with E-state index in [4.69, 9.17) is 8.83 Å². The minimum Gasteiger partial charge on any atom is -0.402 e. The molecular weight excluding hydrogens is 364 g/mol. The van der Waals surface area contributed by atoms with Gasteiger partial charge in [-0.25, -0.2) is 19.6 Å². The summed E-state index contributed by atoms with van der Waals surface area (Å²) >= 11 is 1.28. The Balaban J connectivity index is 1.63. The van der Waals surface area contributed by atoms with Crippen LogP contribution in [-0.2, 0) is 0 Å². The highest BCUT2D eigenvalue weighted by atomic mass is 32.1. The number of hydrogen-bond donors (Lipinski definition) is 0. The van der Waals surface area contributed by atoms with Gasteiger partial charge in [0.15, 0.2) is 0 Å². The monoisotopic (exact) mass is 374 g/mol. The highest BCUT2D eigenvalue weighted by molar-refractivity contribution is 7.18. The van der Waals surface area contributed by atoms with Crippen LogP contribution in [0.3, 0.4) is 0 Å². The third-order valence-corrected chi connectivity index (χ3v) is 5.16. The predicted octanol–water partition coefficient (Wildman–Crippen LogP) is 4.08. The van der Waals surface area contributed by atoms with Crippen molar-refractivity contribution in [2.45, 2.75) is 0 Å². The first kappa shape index (κ1) is 15.7. The molecule has 0 saturated carbocycles. The molecule has 0 fully saturated rings. The standard InChI is InChI=1S/C20H10N2O4S/c23-19-11-5-1-3-7-13(11)21-17(25-19)15-9-10-16(27-15)18-22-14-8-4-2-6-12(14)20(24)26-18/h1-10H. The second-order valence-corrected chi connectivity index (χ2v) is 6.89. The molecule has 0 saturated heterocycles. The lowest BCUT2D eigenvalue weighted by Crippen LogP contribution is -2.02. The second kappa shape index (κ2) is 6.00. The molecule has 0 radical (unpaired) electrons. The zero-order valence-electron chi connectivity index (χ0n) is 13.7. The minimum atomic E-state index is -0.444. The summed E-state index contributed by atoms with van der Waals surface area (Å²) in [6.07, 6.45) is 0. The van der Waals surface area contributed by atoms with Crippen LogP contribution in [0.4, 0.5) is 0 Å². The number of aromatic nitrogens is 2. The van der Waals surface area contributed by atoms with Gasteiger partial charge in [0, 0.05) is 0 Å². The maximum atomic E-state index is 12.2. The van der Waals surface area contributed by atoms with Crippen molar-refractivity contribution in [2.24, 2.45) is 0 Å². The molecule has 3 aromatic heterocycles. The summed E-state index contributed by atoms with van der Waals surface area (Å²) < 4.78 is 10.7. The highest BCUT2D eigenvalue weighted by Gasteiger charge is 2.14. The predicted molar refractivity (Wildman–Crippen MR) is 103 cm³/mol. The summed E-state index contributed by atoms with van der Waals surface area (Å²) in [4.78, 5) is 34.4. The van der Waals surface area contributed by atoms with Crippen molar-refractivity contribution in [3.63, 3.8) is 0 Å². The van der Waals surface area contributed by atoms with Gasteiger partial charge in [-0.1, -0.05) is 24.3 Å². The van der Waals surface area contributed by atoms with E-state index in [-0.39, 0.29) is 11.8 Å². The van der Waals surface area contributed by atoms with Crippen LogP contribution >= 0.6 is 11.3 Å². The van der Waals surface area contributed by atoms with Crippen molar-refractivity contribution in [1.29, 1.82) is 0 Å². The first-order valence-corrected chi connectivity index (χ1v) is 8.91. The zero-order chi connectivity index (χ0) is 18.4. The Labute approximate surface area is 155 Å². The van der Waals surface area contributed by atoms with Gasteiger partial charge >= 0.3 is 11.3 Å². The molecule has 3 heterocycles. The average Bonchev–Trinajstić information content (AvgIpc) is 3.18. The van der Waals surface area contributed by atoms with E-state index < -0.39 is 11.3 Å². The minimum absolute atomic E-state index is 0.220. The Morgan fingerprint density at radius 3 is 1.56 bits per heavy atom. The Kier molecular flexibility index (Phi) is 3.48. The Morgan fingerprint density at radius 1 is 0.630 bits per heavy atom. The smallest absolute Gasteiger partial charge is 0.347 e. The van der Waals surface area contributed by atoms with Crippen molar-refractivity contribution in [3.8, 4) is 21.5 Å². The normalized spacial score (nSPS) is 11.3. The van der Waals surface area contributed by atoms with Crippen molar-refractivity contribution in [2.75, 3.05) is 0 Å². The van der Waals surface area contributed by atoms with E-state index in [0.29, 0.717) is 31.6 Å². The van der Waals surface area contributed by atoms with Crippen LogP contribution in [0.2, 0.25) is 0 Å². The number of nitrogens with zero attached hydrogens (tertiary/aromatic N) is 2. The molecule has 0 spiro atoms. The zero-order valence-corrected chi connectivity index (χ0v) is 14.5. The van der Waals surface area contributed by atoms with Gasteiger partial charge in [0.2, 0.25) is 11.8 Å². The molecule has 7 heteroatoms. The van der Waals surface area contributed by atoms with Gasteiger partial charge in [0.1, 0.15) is 0 Å². The summed E-state index contributed by atoms with van der Waals surface area (Å²) in [5, 5.41) is 0.862. The molecule has 6 nitrogen and oxygen atoms in total. The molecule has 27 heavy (non-hydrogen) atoms. The molecular formula is C20H10N2O4S. The largest absolute Gasteiger partial charge is 0.402 e. The Bertz CT molecular complexity index is 1320. The number of para-hydroxylation sites is 2. The second-order valence-electron chi connectivity index (χ2n) is 5.81. The van der Waals surface area contributed by atoms with Gasteiger partial charge < -0.3 is 8.83 Å². The number of rotatable bonds is 2. The lowest BCUT2D eigenvalue weighted by molar-refractivity contribution is 0.519. The first-order valence-electron chi connectivity index (χ1n) is 8.09. The number of thiophene rings is 1. The fourth-order valence-electron chi connectivity index (χ4n) is 2.82. The van der Waals surface area contributed by atoms with Crippen molar-refractivity contribution < 1.29 is 8.83 Å². The third-order valence-electron chi connectivity index (χ3n) is 4.10. The number of fused-ring (bicyclic) bond motifs is 2. The van der Waals surface area contributed by atoms with Crippen molar-refractivity contribution in [1.82, 2.24) is 9.97 Å². The summed E-state index contributed by atoms with van der Waals surface area (Å²) in [7, 11) is 0. The fraction of sp³-hybridized carbons (Fsp3) is 0. The molecule has 0 unspecified atom stereocenters. The average molecular weight is 374 g/mol. The highest BCUT2D eigenvalue weighted by Crippen LogP contribution is 2.33. The molecule has 2 aromatic carbocycles. The molecule has 5 rings (SSSR count). The van der Waals surface area contributed by atoms with Gasteiger partial charge in [-0.05, 0) is 36.4 Å². The van der Waals surface area contributed by atoms with Crippen LogP contribution < -0.4 is 11.3 Å². The quantitative estimate of drug-likeness (QED) is 0.463. The molecule has 130 valence electrons. The number of benzene rings is 2. The molecule has 0 atom stereocenters. The first-order chi connectivity index (χ1) is 13.2. The van der Waals surface area contributed by atoms with Crippen LogP contribution in [0.1, 0.15) is 0 Å². The van der Waals surface area contributed by atoms with Crippen molar-refractivity contribution >= 4 is 33.1 Å². The van der Waals surface area contributed by atoms with E-state index in [1.165, 1.54) is 11.3 Å². The maximum absolute atomic E-state index is 12.2. The topological polar surface area (TPSA) is 86.2 Å². The van der Waals surface area contributed by atoms with Crippen molar-refractivity contribution in [3.05, 3.63) is 81.5 Å². The summed E-state index contributed by atoms with van der Waals surface area (Å²) in [5.41, 5.74) is 0.241. The molecule has 0 aliphatic heterocycles. The molecule has 0 bridgehead atoms. The van der Waals surface area contributed by atoms with Crippen LogP contribution in [0, 0.1) is 0 Å². The van der Waals surface area contributed by atoms with E-state index in [1.807, 2.05) is 12.1 Å². The Hall–Kier alpha value is -3.58.